The molecule has 1 saturated carbocycles. The number of amides is 1. The first-order valence-electron chi connectivity index (χ1n) is 12.2. The van der Waals surface area contributed by atoms with E-state index in [1.165, 1.54) is 6.42 Å². The number of nitrogens with one attached hydrogen (secondary N) is 2. The maximum Gasteiger partial charge on any atom is 0.282 e. The van der Waals surface area contributed by atoms with E-state index in [0.717, 1.165) is 57.3 Å². The lowest BCUT2D eigenvalue weighted by Gasteiger charge is -2.44. The van der Waals surface area contributed by atoms with Crippen LogP contribution in [0.15, 0.2) is 10.6 Å². The van der Waals surface area contributed by atoms with Crippen LogP contribution >= 0.6 is 0 Å². The van der Waals surface area contributed by atoms with Crippen molar-refractivity contribution in [3.05, 3.63) is 17.5 Å². The Kier molecular flexibility index (Phi) is 5.13. The van der Waals surface area contributed by atoms with Gasteiger partial charge in [-0.2, -0.15) is 17.0 Å². The summed E-state index contributed by atoms with van der Waals surface area (Å²) in [5, 5.41) is 10.6. The minimum atomic E-state index is -3.47. The number of carbonyl (C=O) groups is 1. The Balaban J connectivity index is 1.09. The molecule has 5 aliphatic rings. The van der Waals surface area contributed by atoms with Gasteiger partial charge in [-0.3, -0.25) is 4.79 Å². The monoisotopic (exact) mass is 463 g/mol. The van der Waals surface area contributed by atoms with Crippen LogP contribution in [0.2, 0.25) is 0 Å². The maximum absolute atomic E-state index is 13.5. The van der Waals surface area contributed by atoms with Crippen molar-refractivity contribution in [2.45, 2.75) is 93.8 Å². The molecule has 3 atom stereocenters. The molecule has 4 aliphatic heterocycles. The highest BCUT2D eigenvalue weighted by atomic mass is 32.2. The molecule has 1 amide bonds. The van der Waals surface area contributed by atoms with Crippen molar-refractivity contribution in [1.82, 2.24) is 24.4 Å². The summed E-state index contributed by atoms with van der Waals surface area (Å²) in [6.45, 7) is 2.24. The minimum absolute atomic E-state index is 0.0279. The summed E-state index contributed by atoms with van der Waals surface area (Å²) in [5.41, 5.74) is 0.486. The predicted octanol–water partition coefficient (Wildman–Crippen LogP) is 1.74. The van der Waals surface area contributed by atoms with Gasteiger partial charge in [-0.1, -0.05) is 5.16 Å². The van der Waals surface area contributed by atoms with Gasteiger partial charge in [0.2, 0.25) is 0 Å². The van der Waals surface area contributed by atoms with Crippen LogP contribution in [0.25, 0.3) is 0 Å². The van der Waals surface area contributed by atoms with Gasteiger partial charge in [-0.15, -0.1) is 0 Å². The van der Waals surface area contributed by atoms with Crippen molar-refractivity contribution in [3.8, 4) is 0 Å². The molecule has 6 rings (SSSR count). The first-order chi connectivity index (χ1) is 15.4. The van der Waals surface area contributed by atoms with E-state index >= 15 is 0 Å². The molecular weight excluding hydrogens is 430 g/mol. The number of hydrogen-bond donors (Lipinski definition) is 2. The SMILES string of the molecule is O=C(NC1C[C@H]2CC[C@@H](C1)N2S(=O)(=O)N1CCC2(CCCN2)CC1)c1cc(C2CC2)on1. The predicted molar refractivity (Wildman–Crippen MR) is 117 cm³/mol. The number of nitrogens with zero attached hydrogens (tertiary/aromatic N) is 3. The summed E-state index contributed by atoms with van der Waals surface area (Å²) in [6.07, 6.45) is 9.39. The summed E-state index contributed by atoms with van der Waals surface area (Å²) in [5.74, 6) is 1.00. The van der Waals surface area contributed by atoms with Gasteiger partial charge in [0.05, 0.1) is 0 Å². The molecule has 1 aromatic rings. The lowest BCUT2D eigenvalue weighted by Crippen LogP contribution is -2.59. The molecule has 9 nitrogen and oxygen atoms in total. The Morgan fingerprint density at radius 1 is 1.12 bits per heavy atom. The van der Waals surface area contributed by atoms with Gasteiger partial charge in [0.1, 0.15) is 5.76 Å². The normalized spacial score (nSPS) is 33.1. The molecule has 0 radical (unpaired) electrons. The topological polar surface area (TPSA) is 108 Å². The highest BCUT2D eigenvalue weighted by molar-refractivity contribution is 7.86. The van der Waals surface area contributed by atoms with E-state index in [9.17, 15) is 13.2 Å². The number of rotatable bonds is 5. The van der Waals surface area contributed by atoms with Crippen LogP contribution in [0.4, 0.5) is 0 Å². The van der Waals surface area contributed by atoms with E-state index in [2.05, 4.69) is 15.8 Å². The quantitative estimate of drug-likeness (QED) is 0.689. The average molecular weight is 464 g/mol. The molecule has 2 bridgehead atoms. The molecule has 1 spiro atoms. The Bertz CT molecular complexity index is 960. The van der Waals surface area contributed by atoms with E-state index in [-0.39, 0.29) is 29.6 Å². The second-order valence-corrected chi connectivity index (χ2v) is 12.3. The zero-order valence-corrected chi connectivity index (χ0v) is 19.3. The second kappa shape index (κ2) is 7.78. The average Bonchev–Trinajstić information content (AvgIpc) is 3.20. The first-order valence-corrected chi connectivity index (χ1v) is 13.6. The van der Waals surface area contributed by atoms with E-state index in [1.807, 2.05) is 0 Å². The molecule has 32 heavy (non-hydrogen) atoms. The number of aromatic nitrogens is 1. The molecule has 1 aliphatic carbocycles. The standard InChI is InChI=1S/C22H33N5O4S/c28-21(19-14-20(31-25-19)15-2-3-15)24-16-12-17-4-5-18(13-16)27(17)32(29,30)26-10-7-22(8-11-26)6-1-9-23-22/h14-18,23H,1-13H2,(H,24,28)/t16?,17-,18+. The van der Waals surface area contributed by atoms with Crippen LogP contribution in [0.1, 0.15) is 86.4 Å². The van der Waals surface area contributed by atoms with Crippen molar-refractivity contribution in [1.29, 1.82) is 0 Å². The van der Waals surface area contributed by atoms with Gasteiger partial charge in [-0.05, 0) is 70.8 Å². The van der Waals surface area contributed by atoms with Crippen LogP contribution in [-0.4, -0.2) is 71.4 Å². The van der Waals surface area contributed by atoms with Gasteiger partial charge in [0.25, 0.3) is 16.1 Å². The van der Waals surface area contributed by atoms with Crippen molar-refractivity contribution >= 4 is 16.1 Å². The molecule has 0 aromatic carbocycles. The number of piperidine rings is 2. The van der Waals surface area contributed by atoms with E-state index in [4.69, 9.17) is 4.52 Å². The van der Waals surface area contributed by atoms with Gasteiger partial charge < -0.3 is 15.2 Å². The van der Waals surface area contributed by atoms with Crippen LogP contribution in [0, 0.1) is 0 Å². The fourth-order valence-corrected chi connectivity index (χ4v) is 8.47. The van der Waals surface area contributed by atoms with Gasteiger partial charge in [0, 0.05) is 48.7 Å². The molecule has 176 valence electrons. The molecule has 10 heteroatoms. The van der Waals surface area contributed by atoms with E-state index < -0.39 is 10.2 Å². The summed E-state index contributed by atoms with van der Waals surface area (Å²) in [4.78, 5) is 12.7. The molecule has 5 heterocycles. The number of hydrogen-bond acceptors (Lipinski definition) is 6. The van der Waals surface area contributed by atoms with Gasteiger partial charge >= 0.3 is 0 Å². The molecule has 1 aromatic heterocycles. The third-order valence-corrected chi connectivity index (χ3v) is 10.5. The minimum Gasteiger partial charge on any atom is -0.360 e. The third-order valence-electron chi connectivity index (χ3n) is 8.35. The molecule has 1 unspecified atom stereocenters. The fraction of sp³-hybridized carbons (Fsp3) is 0.818. The van der Waals surface area contributed by atoms with Crippen molar-refractivity contribution in [3.63, 3.8) is 0 Å². The summed E-state index contributed by atoms with van der Waals surface area (Å²) < 4.78 is 35.9. The zero-order chi connectivity index (χ0) is 21.9. The van der Waals surface area contributed by atoms with Crippen molar-refractivity contribution in [2.24, 2.45) is 0 Å². The maximum atomic E-state index is 13.5. The summed E-state index contributed by atoms with van der Waals surface area (Å²) in [7, 11) is -3.47. The zero-order valence-electron chi connectivity index (χ0n) is 18.5. The Labute approximate surface area is 189 Å². The number of carbonyl (C=O) groups excluding carboxylic acids is 1. The Morgan fingerprint density at radius 2 is 1.84 bits per heavy atom. The Hall–Kier alpha value is -1.49. The molecule has 2 N–H and O–H groups in total. The smallest absolute Gasteiger partial charge is 0.282 e. The molecular formula is C22H33N5O4S. The van der Waals surface area contributed by atoms with Crippen LogP contribution in [-0.2, 0) is 10.2 Å². The Morgan fingerprint density at radius 3 is 2.47 bits per heavy atom. The largest absolute Gasteiger partial charge is 0.360 e. The van der Waals surface area contributed by atoms with Gasteiger partial charge in [0.15, 0.2) is 5.69 Å². The van der Waals surface area contributed by atoms with Crippen LogP contribution in [0.3, 0.4) is 0 Å². The molecule has 4 saturated heterocycles. The van der Waals surface area contributed by atoms with Crippen molar-refractivity contribution < 1.29 is 17.7 Å². The van der Waals surface area contributed by atoms with E-state index in [1.54, 1.807) is 14.7 Å². The third kappa shape index (κ3) is 3.69. The fourth-order valence-electron chi connectivity index (χ4n) is 6.42. The lowest BCUT2D eigenvalue weighted by molar-refractivity contribution is 0.0897. The molecule has 5 fully saturated rings. The summed E-state index contributed by atoms with van der Waals surface area (Å²) in [6, 6.07) is 1.65. The highest BCUT2D eigenvalue weighted by Crippen LogP contribution is 2.41. The first kappa shape index (κ1) is 21.1. The second-order valence-electron chi connectivity index (χ2n) is 10.5. The summed E-state index contributed by atoms with van der Waals surface area (Å²) >= 11 is 0. The highest BCUT2D eigenvalue weighted by Gasteiger charge is 2.50. The lowest BCUT2D eigenvalue weighted by atomic mass is 9.87. The number of fused-ring (bicyclic) bond motifs is 2. The van der Waals surface area contributed by atoms with E-state index in [0.29, 0.717) is 37.5 Å². The van der Waals surface area contributed by atoms with Crippen LogP contribution < -0.4 is 10.6 Å². The van der Waals surface area contributed by atoms with Crippen LogP contribution in [0.5, 0.6) is 0 Å². The van der Waals surface area contributed by atoms with Gasteiger partial charge in [-0.25, -0.2) is 0 Å². The van der Waals surface area contributed by atoms with Crippen molar-refractivity contribution in [2.75, 3.05) is 19.6 Å².